The van der Waals surface area contributed by atoms with Crippen LogP contribution in [0.25, 0.3) is 10.2 Å². The topological polar surface area (TPSA) is 51.7 Å². The third kappa shape index (κ3) is 5.03. The highest BCUT2D eigenvalue weighted by atomic mass is 32.1. The summed E-state index contributed by atoms with van der Waals surface area (Å²) in [7, 11) is 0. The minimum Gasteiger partial charge on any atom is -0.492 e. The Morgan fingerprint density at radius 2 is 1.81 bits per heavy atom. The van der Waals surface area contributed by atoms with Crippen LogP contribution in [0.15, 0.2) is 72.8 Å². The van der Waals surface area contributed by atoms with Gasteiger partial charge in [-0.2, -0.15) is 0 Å². The molecule has 0 saturated heterocycles. The van der Waals surface area contributed by atoms with E-state index in [2.05, 4.69) is 0 Å². The van der Waals surface area contributed by atoms with Crippen molar-refractivity contribution in [1.82, 2.24) is 4.98 Å². The van der Waals surface area contributed by atoms with Crippen molar-refractivity contribution in [3.05, 3.63) is 83.9 Å². The van der Waals surface area contributed by atoms with Crippen LogP contribution in [0.1, 0.15) is 18.1 Å². The molecule has 0 atom stereocenters. The van der Waals surface area contributed by atoms with Crippen LogP contribution in [-0.2, 0) is 11.3 Å². The molecule has 0 aliphatic carbocycles. The maximum Gasteiger partial charge on any atom is 0.267 e. The van der Waals surface area contributed by atoms with Crippen LogP contribution in [-0.4, -0.2) is 24.1 Å². The zero-order valence-corrected chi connectivity index (χ0v) is 18.4. The number of hydrogen-bond acceptors (Lipinski definition) is 5. The van der Waals surface area contributed by atoms with Gasteiger partial charge in [-0.05, 0) is 49.2 Å². The predicted octanol–water partition coefficient (Wildman–Crippen LogP) is 5.62. The van der Waals surface area contributed by atoms with E-state index >= 15 is 0 Å². The number of nitrogens with zero attached hydrogens (tertiary/aromatic N) is 2. The van der Waals surface area contributed by atoms with E-state index in [-0.39, 0.29) is 12.5 Å². The molecule has 0 aliphatic rings. The number of benzene rings is 3. The second-order valence-electron chi connectivity index (χ2n) is 7.10. The lowest BCUT2D eigenvalue weighted by Gasteiger charge is -2.20. The molecule has 0 spiro atoms. The van der Waals surface area contributed by atoms with Crippen molar-refractivity contribution in [2.45, 2.75) is 20.4 Å². The van der Waals surface area contributed by atoms with Crippen LogP contribution < -0.4 is 14.4 Å². The molecule has 0 unspecified atom stereocenters. The lowest BCUT2D eigenvalue weighted by molar-refractivity contribution is -0.120. The number of rotatable bonds is 8. The van der Waals surface area contributed by atoms with E-state index in [0.717, 1.165) is 27.1 Å². The van der Waals surface area contributed by atoms with Gasteiger partial charge in [-0.1, -0.05) is 59.9 Å². The summed E-state index contributed by atoms with van der Waals surface area (Å²) in [5.74, 6) is 1.25. The Morgan fingerprint density at radius 3 is 2.58 bits per heavy atom. The molecule has 1 amide bonds. The lowest BCUT2D eigenvalue weighted by Crippen LogP contribution is -2.34. The molecule has 4 aromatic rings. The molecule has 0 saturated carbocycles. The molecule has 5 nitrogen and oxygen atoms in total. The van der Waals surface area contributed by atoms with E-state index in [1.54, 1.807) is 4.90 Å². The monoisotopic (exact) mass is 432 g/mol. The number of para-hydroxylation sites is 1. The van der Waals surface area contributed by atoms with Crippen molar-refractivity contribution in [2.75, 3.05) is 18.1 Å². The normalized spacial score (nSPS) is 10.8. The number of anilines is 1. The van der Waals surface area contributed by atoms with E-state index in [4.69, 9.17) is 14.5 Å². The molecular formula is C25H24N2O3S. The predicted molar refractivity (Wildman–Crippen MR) is 125 cm³/mol. The third-order valence-electron chi connectivity index (χ3n) is 4.74. The van der Waals surface area contributed by atoms with E-state index in [1.165, 1.54) is 11.3 Å². The van der Waals surface area contributed by atoms with E-state index < -0.39 is 0 Å². The summed E-state index contributed by atoms with van der Waals surface area (Å²) in [5, 5.41) is 0.629. The molecule has 1 aromatic heterocycles. The number of aromatic nitrogens is 1. The number of thiazole rings is 1. The minimum atomic E-state index is -0.151. The standard InChI is InChI=1S/C25H24N2O3S/c1-3-29-21-13-8-14-22-24(21)26-25(31-22)27(16-19-10-5-4-6-11-19)23(28)17-30-20-12-7-9-18(2)15-20/h4-15H,3,16-17H2,1-2H3. The number of aryl methyl sites for hydroxylation is 1. The Kier molecular flexibility index (Phi) is 6.48. The van der Waals surface area contributed by atoms with Gasteiger partial charge in [0, 0.05) is 0 Å². The zero-order chi connectivity index (χ0) is 21.6. The van der Waals surface area contributed by atoms with Crippen molar-refractivity contribution in [1.29, 1.82) is 0 Å². The Morgan fingerprint density at radius 1 is 1.00 bits per heavy atom. The van der Waals surface area contributed by atoms with Gasteiger partial charge < -0.3 is 9.47 Å². The third-order valence-corrected chi connectivity index (χ3v) is 5.78. The number of carbonyl (C=O) groups excluding carboxylic acids is 1. The largest absolute Gasteiger partial charge is 0.492 e. The number of amides is 1. The van der Waals surface area contributed by atoms with Crippen LogP contribution in [0.5, 0.6) is 11.5 Å². The fourth-order valence-corrected chi connectivity index (χ4v) is 4.26. The average molecular weight is 433 g/mol. The van der Waals surface area contributed by atoms with Gasteiger partial charge in [0.2, 0.25) is 0 Å². The Bertz CT molecular complexity index is 1170. The maximum atomic E-state index is 13.2. The van der Waals surface area contributed by atoms with Gasteiger partial charge in [0.15, 0.2) is 11.7 Å². The van der Waals surface area contributed by atoms with Crippen molar-refractivity contribution in [3.63, 3.8) is 0 Å². The second-order valence-corrected chi connectivity index (χ2v) is 8.11. The molecule has 158 valence electrons. The first-order chi connectivity index (χ1) is 15.1. The van der Waals surface area contributed by atoms with Gasteiger partial charge in [0.1, 0.15) is 17.0 Å². The fourth-order valence-electron chi connectivity index (χ4n) is 3.26. The lowest BCUT2D eigenvalue weighted by atomic mass is 10.2. The summed E-state index contributed by atoms with van der Waals surface area (Å²) in [6.07, 6.45) is 0. The van der Waals surface area contributed by atoms with Gasteiger partial charge in [0.05, 0.1) is 17.9 Å². The van der Waals surface area contributed by atoms with Crippen molar-refractivity contribution in [3.8, 4) is 11.5 Å². The van der Waals surface area contributed by atoms with Crippen LogP contribution in [0, 0.1) is 6.92 Å². The number of carbonyl (C=O) groups is 1. The molecule has 0 fully saturated rings. The number of fused-ring (bicyclic) bond motifs is 1. The number of ether oxygens (including phenoxy) is 2. The van der Waals surface area contributed by atoms with Crippen molar-refractivity contribution >= 4 is 32.6 Å². The average Bonchev–Trinajstić information content (AvgIpc) is 3.22. The molecule has 0 radical (unpaired) electrons. The molecular weight excluding hydrogens is 408 g/mol. The van der Waals surface area contributed by atoms with Crippen molar-refractivity contribution < 1.29 is 14.3 Å². The molecule has 0 bridgehead atoms. The quantitative estimate of drug-likeness (QED) is 0.363. The van der Waals surface area contributed by atoms with Crippen LogP contribution in [0.4, 0.5) is 5.13 Å². The SMILES string of the molecule is CCOc1cccc2sc(N(Cc3ccccc3)C(=O)COc3cccc(C)c3)nc12. The van der Waals surface area contributed by atoms with Crippen LogP contribution in [0.3, 0.4) is 0 Å². The van der Waals surface area contributed by atoms with E-state index in [1.807, 2.05) is 86.6 Å². The molecule has 31 heavy (non-hydrogen) atoms. The first-order valence-electron chi connectivity index (χ1n) is 10.2. The van der Waals surface area contributed by atoms with Gasteiger partial charge in [-0.25, -0.2) is 4.98 Å². The molecule has 4 rings (SSSR count). The summed E-state index contributed by atoms with van der Waals surface area (Å²) in [5.41, 5.74) is 2.88. The smallest absolute Gasteiger partial charge is 0.267 e. The molecule has 0 N–H and O–H groups in total. The van der Waals surface area contributed by atoms with E-state index in [0.29, 0.717) is 24.0 Å². The summed E-state index contributed by atoms with van der Waals surface area (Å²) in [4.78, 5) is 19.7. The van der Waals surface area contributed by atoms with Gasteiger partial charge in [0.25, 0.3) is 5.91 Å². The Labute approximate surface area is 185 Å². The van der Waals surface area contributed by atoms with Gasteiger partial charge in [-0.15, -0.1) is 0 Å². The molecule has 3 aromatic carbocycles. The summed E-state index contributed by atoms with van der Waals surface area (Å²) in [6, 6.07) is 23.4. The van der Waals surface area contributed by atoms with Gasteiger partial charge in [-0.3, -0.25) is 9.69 Å². The Balaban J connectivity index is 1.63. The molecule has 6 heteroatoms. The minimum absolute atomic E-state index is 0.0650. The highest BCUT2D eigenvalue weighted by Gasteiger charge is 2.22. The first kappa shape index (κ1) is 20.9. The highest BCUT2D eigenvalue weighted by molar-refractivity contribution is 7.22. The summed E-state index contributed by atoms with van der Waals surface area (Å²) < 4.78 is 12.5. The van der Waals surface area contributed by atoms with Crippen molar-refractivity contribution in [2.24, 2.45) is 0 Å². The molecule has 0 aliphatic heterocycles. The summed E-state index contributed by atoms with van der Waals surface area (Å²) in [6.45, 7) is 4.85. The zero-order valence-electron chi connectivity index (χ0n) is 17.6. The summed E-state index contributed by atoms with van der Waals surface area (Å²) >= 11 is 1.48. The van der Waals surface area contributed by atoms with Crippen LogP contribution in [0.2, 0.25) is 0 Å². The fraction of sp³-hybridized carbons (Fsp3) is 0.200. The maximum absolute atomic E-state index is 13.2. The second kappa shape index (κ2) is 9.62. The first-order valence-corrected chi connectivity index (χ1v) is 11.0. The van der Waals surface area contributed by atoms with Crippen LogP contribution >= 0.6 is 11.3 Å². The molecule has 1 heterocycles. The number of hydrogen-bond donors (Lipinski definition) is 0. The van der Waals surface area contributed by atoms with Gasteiger partial charge >= 0.3 is 0 Å². The highest BCUT2D eigenvalue weighted by Crippen LogP contribution is 2.35. The van der Waals surface area contributed by atoms with E-state index in [9.17, 15) is 4.79 Å². The Hall–Kier alpha value is -3.38.